The highest BCUT2D eigenvalue weighted by molar-refractivity contribution is 6.18. The Labute approximate surface area is 189 Å². The molecule has 2 N–H and O–H groups in total. The minimum atomic E-state index is -0.0493. The minimum Gasteiger partial charge on any atom is -0.380 e. The molecule has 32 heavy (non-hydrogen) atoms. The summed E-state index contributed by atoms with van der Waals surface area (Å²) in [6.45, 7) is 4.75. The van der Waals surface area contributed by atoms with Crippen LogP contribution in [0.5, 0.6) is 0 Å². The van der Waals surface area contributed by atoms with Gasteiger partial charge in [-0.3, -0.25) is 14.5 Å². The summed E-state index contributed by atoms with van der Waals surface area (Å²) in [6.07, 6.45) is 5.56. The van der Waals surface area contributed by atoms with E-state index in [1.54, 1.807) is 4.90 Å². The van der Waals surface area contributed by atoms with Crippen molar-refractivity contribution in [1.82, 2.24) is 9.80 Å². The average molecular weight is 437 g/mol. The molecule has 2 heterocycles. The van der Waals surface area contributed by atoms with Crippen LogP contribution in [0.1, 0.15) is 46.4 Å². The van der Waals surface area contributed by atoms with Gasteiger partial charge in [0.1, 0.15) is 0 Å². The van der Waals surface area contributed by atoms with Gasteiger partial charge in [0.2, 0.25) is 0 Å². The molecule has 2 aromatic carbocycles. The normalized spacial score (nSPS) is 22.9. The molecule has 170 valence electrons. The van der Waals surface area contributed by atoms with Crippen LogP contribution >= 0.6 is 0 Å². The Balaban J connectivity index is 1.48. The van der Waals surface area contributed by atoms with Crippen LogP contribution < -0.4 is 10.6 Å². The van der Waals surface area contributed by atoms with Crippen LogP contribution in [-0.4, -0.2) is 80.5 Å². The summed E-state index contributed by atoms with van der Waals surface area (Å²) in [6, 6.07) is 8.45. The van der Waals surface area contributed by atoms with Gasteiger partial charge in [0.25, 0.3) is 5.91 Å². The lowest BCUT2D eigenvalue weighted by molar-refractivity contribution is 0.0338. The van der Waals surface area contributed by atoms with Crippen molar-refractivity contribution in [2.75, 3.05) is 57.1 Å². The Hall–Kier alpha value is -2.64. The summed E-state index contributed by atoms with van der Waals surface area (Å²) in [4.78, 5) is 29.6. The SMILES string of the molecule is CN(CCN1CCOCC1)C(=O)c1ccc2c3c(ccc(C=O)c13)NC1CCCCC1N2. The number of morpholine rings is 1. The van der Waals surface area contributed by atoms with Crippen LogP contribution in [0, 0.1) is 0 Å². The molecular weight excluding hydrogens is 404 g/mol. The summed E-state index contributed by atoms with van der Waals surface area (Å²) in [5, 5.41) is 9.14. The second-order valence-electron chi connectivity index (χ2n) is 9.20. The standard InChI is InChI=1S/C25H32N4O3/c1-28(10-11-29-12-14-32-15-13-29)25(31)18-7-9-22-24-21(8-6-17(16-30)23(18)24)26-19-4-2-3-5-20(19)27-22/h6-9,16,19-20,26-27H,2-5,10-15H2,1H3. The predicted octanol–water partition coefficient (Wildman–Crippen LogP) is 3.21. The van der Waals surface area contributed by atoms with Gasteiger partial charge in [-0.2, -0.15) is 0 Å². The molecule has 1 aliphatic carbocycles. The van der Waals surface area contributed by atoms with E-state index in [-0.39, 0.29) is 5.91 Å². The topological polar surface area (TPSA) is 73.9 Å². The summed E-state index contributed by atoms with van der Waals surface area (Å²) in [5.41, 5.74) is 3.16. The highest BCUT2D eigenvalue weighted by Gasteiger charge is 2.30. The Morgan fingerprint density at radius 1 is 1.06 bits per heavy atom. The van der Waals surface area contributed by atoms with E-state index in [0.717, 1.165) is 74.1 Å². The van der Waals surface area contributed by atoms with Crippen molar-refractivity contribution in [3.63, 3.8) is 0 Å². The highest BCUT2D eigenvalue weighted by atomic mass is 16.5. The van der Waals surface area contributed by atoms with Gasteiger partial charge in [0.15, 0.2) is 6.29 Å². The van der Waals surface area contributed by atoms with E-state index in [1.807, 2.05) is 31.3 Å². The fourth-order valence-electron chi connectivity index (χ4n) is 5.34. The first-order valence-electron chi connectivity index (χ1n) is 11.8. The smallest absolute Gasteiger partial charge is 0.254 e. The first-order chi connectivity index (χ1) is 15.7. The van der Waals surface area contributed by atoms with Gasteiger partial charge < -0.3 is 20.3 Å². The molecule has 5 rings (SSSR count). The van der Waals surface area contributed by atoms with Gasteiger partial charge in [-0.1, -0.05) is 12.8 Å². The zero-order valence-corrected chi connectivity index (χ0v) is 18.7. The third kappa shape index (κ3) is 3.95. The van der Waals surface area contributed by atoms with Crippen LogP contribution in [0.2, 0.25) is 0 Å². The lowest BCUT2D eigenvalue weighted by atomic mass is 9.90. The monoisotopic (exact) mass is 436 g/mol. The highest BCUT2D eigenvalue weighted by Crippen LogP contribution is 2.40. The maximum absolute atomic E-state index is 13.5. The molecule has 2 fully saturated rings. The summed E-state index contributed by atoms with van der Waals surface area (Å²) < 4.78 is 5.41. The maximum Gasteiger partial charge on any atom is 0.254 e. The molecule has 0 spiro atoms. The number of carbonyl (C=O) groups is 2. The summed E-state index contributed by atoms with van der Waals surface area (Å²) in [7, 11) is 1.84. The molecule has 2 aromatic rings. The Kier molecular flexibility index (Phi) is 6.02. The van der Waals surface area contributed by atoms with Crippen molar-refractivity contribution >= 4 is 34.3 Å². The fourth-order valence-corrected chi connectivity index (χ4v) is 5.34. The van der Waals surface area contributed by atoms with Crippen LogP contribution in [0.15, 0.2) is 24.3 Å². The van der Waals surface area contributed by atoms with Gasteiger partial charge in [0.05, 0.1) is 13.2 Å². The van der Waals surface area contributed by atoms with E-state index in [2.05, 4.69) is 15.5 Å². The summed E-state index contributed by atoms with van der Waals surface area (Å²) >= 11 is 0. The molecule has 0 radical (unpaired) electrons. The Morgan fingerprint density at radius 3 is 2.38 bits per heavy atom. The average Bonchev–Trinajstić information content (AvgIpc) is 3.00. The van der Waals surface area contributed by atoms with Crippen LogP contribution in [0.4, 0.5) is 11.4 Å². The van der Waals surface area contributed by atoms with Gasteiger partial charge >= 0.3 is 0 Å². The van der Waals surface area contributed by atoms with Crippen molar-refractivity contribution in [1.29, 1.82) is 0 Å². The number of amides is 1. The molecule has 2 aliphatic heterocycles. The van der Waals surface area contributed by atoms with Crippen molar-refractivity contribution in [3.05, 3.63) is 35.4 Å². The molecule has 1 saturated heterocycles. The van der Waals surface area contributed by atoms with Gasteiger partial charge in [-0.25, -0.2) is 0 Å². The first-order valence-corrected chi connectivity index (χ1v) is 11.8. The number of fused-ring (bicyclic) bond motifs is 1. The molecule has 2 unspecified atom stereocenters. The number of aldehydes is 1. The predicted molar refractivity (Wildman–Crippen MR) is 127 cm³/mol. The Bertz CT molecular complexity index is 998. The van der Waals surface area contributed by atoms with Gasteiger partial charge in [-0.15, -0.1) is 0 Å². The zero-order valence-electron chi connectivity index (χ0n) is 18.7. The summed E-state index contributed by atoms with van der Waals surface area (Å²) in [5.74, 6) is -0.0493. The minimum absolute atomic E-state index is 0.0493. The van der Waals surface area contributed by atoms with E-state index in [4.69, 9.17) is 4.74 Å². The maximum atomic E-state index is 13.5. The molecule has 1 amide bonds. The molecule has 3 aliphatic rings. The first kappa shape index (κ1) is 21.2. The van der Waals surface area contributed by atoms with Gasteiger partial charge in [-0.05, 0) is 37.1 Å². The number of benzene rings is 2. The van der Waals surface area contributed by atoms with E-state index < -0.39 is 0 Å². The zero-order chi connectivity index (χ0) is 22.1. The third-order valence-corrected chi connectivity index (χ3v) is 7.20. The lowest BCUT2D eigenvalue weighted by Crippen LogP contribution is -2.42. The van der Waals surface area contributed by atoms with Crippen molar-refractivity contribution in [2.45, 2.75) is 37.8 Å². The molecule has 0 aromatic heterocycles. The second-order valence-corrected chi connectivity index (χ2v) is 9.20. The quantitative estimate of drug-likeness (QED) is 0.702. The number of nitrogens with one attached hydrogen (secondary N) is 2. The Morgan fingerprint density at radius 2 is 1.72 bits per heavy atom. The van der Waals surface area contributed by atoms with Crippen LogP contribution in [-0.2, 0) is 4.74 Å². The van der Waals surface area contributed by atoms with Crippen LogP contribution in [0.3, 0.4) is 0 Å². The third-order valence-electron chi connectivity index (χ3n) is 7.20. The number of likely N-dealkylation sites (N-methyl/N-ethyl adjacent to an activating group) is 1. The number of rotatable bonds is 5. The second kappa shape index (κ2) is 9.08. The van der Waals surface area contributed by atoms with E-state index >= 15 is 0 Å². The molecule has 1 saturated carbocycles. The van der Waals surface area contributed by atoms with Crippen molar-refractivity contribution < 1.29 is 14.3 Å². The molecule has 7 nitrogen and oxygen atoms in total. The number of ether oxygens (including phenoxy) is 1. The van der Waals surface area contributed by atoms with E-state index in [1.165, 1.54) is 12.8 Å². The molecule has 0 bridgehead atoms. The molecule has 7 heteroatoms. The van der Waals surface area contributed by atoms with Gasteiger partial charge in [0, 0.05) is 78.6 Å². The number of hydrogen-bond donors (Lipinski definition) is 2. The molecular formula is C25H32N4O3. The number of anilines is 2. The fraction of sp³-hybridized carbons (Fsp3) is 0.520. The lowest BCUT2D eigenvalue weighted by Gasteiger charge is -2.32. The van der Waals surface area contributed by atoms with Crippen molar-refractivity contribution in [2.24, 2.45) is 0 Å². The van der Waals surface area contributed by atoms with E-state index in [0.29, 0.717) is 29.8 Å². The largest absolute Gasteiger partial charge is 0.380 e. The number of carbonyl (C=O) groups excluding carboxylic acids is 2. The molecule has 2 atom stereocenters. The number of nitrogens with zero attached hydrogens (tertiary/aromatic N) is 2. The van der Waals surface area contributed by atoms with E-state index in [9.17, 15) is 9.59 Å². The number of hydrogen-bond acceptors (Lipinski definition) is 6. The van der Waals surface area contributed by atoms with Crippen LogP contribution in [0.25, 0.3) is 10.8 Å². The van der Waals surface area contributed by atoms with Crippen molar-refractivity contribution in [3.8, 4) is 0 Å².